The highest BCUT2D eigenvalue weighted by atomic mass is 79.9. The second kappa shape index (κ2) is 11.7. The van der Waals surface area contributed by atoms with Gasteiger partial charge in [-0.15, -0.1) is 0 Å². The Labute approximate surface area is 248 Å². The summed E-state index contributed by atoms with van der Waals surface area (Å²) in [6.45, 7) is -0.00202. The third kappa shape index (κ3) is 5.44. The number of methoxy groups -OCH3 is 2. The van der Waals surface area contributed by atoms with Gasteiger partial charge in [-0.3, -0.25) is 9.30 Å². The second-order valence-electron chi connectivity index (χ2n) is 10.1. The minimum atomic E-state index is -4.77. The molecule has 222 valence electrons. The largest absolute Gasteiger partial charge is 0.497 e. The number of halogens is 4. The number of alkyl halides is 3. The summed E-state index contributed by atoms with van der Waals surface area (Å²) in [6, 6.07) is 13.6. The van der Waals surface area contributed by atoms with Gasteiger partial charge in [-0.05, 0) is 46.5 Å². The zero-order chi connectivity index (χ0) is 30.1. The zero-order valence-corrected chi connectivity index (χ0v) is 24.4. The summed E-state index contributed by atoms with van der Waals surface area (Å²) < 4.78 is 57.0. The van der Waals surface area contributed by atoms with E-state index in [9.17, 15) is 23.1 Å². The molecular formula is C29H29BrF3N5O4. The molecular weight excluding hydrogens is 619 g/mol. The van der Waals surface area contributed by atoms with E-state index in [4.69, 9.17) is 9.47 Å². The molecule has 2 aromatic carbocycles. The van der Waals surface area contributed by atoms with E-state index in [1.54, 1.807) is 67.4 Å². The van der Waals surface area contributed by atoms with Gasteiger partial charge in [0, 0.05) is 49.5 Å². The van der Waals surface area contributed by atoms with E-state index in [0.717, 1.165) is 5.56 Å². The highest BCUT2D eigenvalue weighted by Gasteiger charge is 2.62. The first-order valence-corrected chi connectivity index (χ1v) is 14.0. The predicted octanol–water partition coefficient (Wildman–Crippen LogP) is 6.52. The Morgan fingerprint density at radius 2 is 1.95 bits per heavy atom. The van der Waals surface area contributed by atoms with Gasteiger partial charge in [-0.1, -0.05) is 30.3 Å². The van der Waals surface area contributed by atoms with Crippen LogP contribution in [-0.4, -0.2) is 62.9 Å². The van der Waals surface area contributed by atoms with Crippen LogP contribution in [0.1, 0.15) is 35.7 Å². The van der Waals surface area contributed by atoms with E-state index in [0.29, 0.717) is 50.3 Å². The molecule has 3 heterocycles. The molecule has 0 spiro atoms. The molecule has 1 saturated heterocycles. The smallest absolute Gasteiger partial charge is 0.412 e. The van der Waals surface area contributed by atoms with Crippen molar-refractivity contribution in [2.75, 3.05) is 26.1 Å². The lowest BCUT2D eigenvalue weighted by Gasteiger charge is -2.48. The van der Waals surface area contributed by atoms with Gasteiger partial charge in [0.05, 0.1) is 14.2 Å². The first-order valence-electron chi connectivity index (χ1n) is 13.2. The van der Waals surface area contributed by atoms with E-state index in [1.165, 1.54) is 0 Å². The van der Waals surface area contributed by atoms with Crippen LogP contribution < -0.4 is 14.8 Å². The first kappa shape index (κ1) is 29.5. The molecule has 42 heavy (non-hydrogen) atoms. The van der Waals surface area contributed by atoms with E-state index < -0.39 is 36.6 Å². The van der Waals surface area contributed by atoms with Gasteiger partial charge in [0.2, 0.25) is 0 Å². The number of anilines is 1. The van der Waals surface area contributed by atoms with Crippen molar-refractivity contribution in [2.24, 2.45) is 0 Å². The molecule has 2 N–H and O–H groups in total. The summed E-state index contributed by atoms with van der Waals surface area (Å²) in [5, 5.41) is 13.3. The van der Waals surface area contributed by atoms with Gasteiger partial charge in [-0.2, -0.15) is 13.2 Å². The second-order valence-corrected chi connectivity index (χ2v) is 10.9. The maximum atomic E-state index is 14.7. The van der Waals surface area contributed by atoms with Crippen LogP contribution in [0.3, 0.4) is 0 Å². The number of nitrogens with one attached hydrogen (secondary N) is 1. The summed E-state index contributed by atoms with van der Waals surface area (Å²) >= 11 is 3.49. The van der Waals surface area contributed by atoms with Gasteiger partial charge in [0.25, 0.3) is 0 Å². The van der Waals surface area contributed by atoms with Crippen LogP contribution in [0.2, 0.25) is 0 Å². The number of benzene rings is 2. The molecule has 1 aliphatic heterocycles. The number of amides is 1. The molecule has 1 amide bonds. The molecule has 2 unspecified atom stereocenters. The molecule has 1 fully saturated rings. The highest BCUT2D eigenvalue weighted by Crippen LogP contribution is 2.48. The number of rotatable bonds is 8. The number of hydrogen-bond acceptors (Lipinski definition) is 6. The number of hydrogen-bond donors (Lipinski definition) is 2. The Bertz CT molecular complexity index is 1580. The van der Waals surface area contributed by atoms with Crippen molar-refractivity contribution in [3.05, 3.63) is 82.5 Å². The minimum Gasteiger partial charge on any atom is -0.497 e. The van der Waals surface area contributed by atoms with Crippen molar-refractivity contribution in [3.8, 4) is 11.5 Å². The molecule has 0 aliphatic carbocycles. The molecule has 0 bridgehead atoms. The van der Waals surface area contributed by atoms with Gasteiger partial charge < -0.3 is 19.9 Å². The average Bonchev–Trinajstić information content (AvgIpc) is 3.32. The van der Waals surface area contributed by atoms with Crippen LogP contribution in [0.5, 0.6) is 11.5 Å². The predicted molar refractivity (Wildman–Crippen MR) is 153 cm³/mol. The quantitative estimate of drug-likeness (QED) is 0.224. The number of carbonyl (C=O) groups is 1. The summed E-state index contributed by atoms with van der Waals surface area (Å²) in [4.78, 5) is 22.0. The van der Waals surface area contributed by atoms with Crippen molar-refractivity contribution in [3.63, 3.8) is 0 Å². The first-order chi connectivity index (χ1) is 20.1. The van der Waals surface area contributed by atoms with Gasteiger partial charge >= 0.3 is 12.3 Å². The van der Waals surface area contributed by atoms with Crippen molar-refractivity contribution >= 4 is 33.4 Å². The Hall–Kier alpha value is -4.00. The van der Waals surface area contributed by atoms with E-state index in [1.807, 2.05) is 12.1 Å². The number of ether oxygens (including phenoxy) is 2. The number of likely N-dealkylation sites (tertiary alicyclic amines) is 1. The van der Waals surface area contributed by atoms with E-state index in [-0.39, 0.29) is 13.0 Å². The van der Waals surface area contributed by atoms with E-state index >= 15 is 0 Å². The molecule has 1 aliphatic rings. The number of piperidine rings is 1. The number of fused-ring (bicyclic) bond motifs is 1. The normalized spacial score (nSPS) is 19.1. The number of imidazole rings is 1. The fraction of sp³-hybridized carbons (Fsp3) is 0.345. The molecule has 9 nitrogen and oxygen atoms in total. The third-order valence-electron chi connectivity index (χ3n) is 7.77. The molecule has 5 rings (SSSR count). The standard InChI is InChI=1S/C29H29BrF3N5O4/c1-41-21-9-8-19(22(14-21)42-2)16-35-25-23-24(30)36-26(37(23)13-12-34-25)20-10-11-28(29(31,32)33,38(17-20)27(39)40)15-18-6-4-3-5-7-18/h3-9,12-14,20H,10-11,15-17H2,1-2H3,(H,34,35)(H,39,40). The van der Waals surface area contributed by atoms with Crippen molar-refractivity contribution in [1.29, 1.82) is 0 Å². The third-order valence-corrected chi connectivity index (χ3v) is 8.32. The van der Waals surface area contributed by atoms with Crippen molar-refractivity contribution in [1.82, 2.24) is 19.3 Å². The van der Waals surface area contributed by atoms with Gasteiger partial charge in [0.1, 0.15) is 33.0 Å². The number of aromatic nitrogens is 3. The lowest BCUT2D eigenvalue weighted by molar-refractivity contribution is -0.235. The van der Waals surface area contributed by atoms with Gasteiger partial charge in [0.15, 0.2) is 5.82 Å². The maximum absolute atomic E-state index is 14.7. The minimum absolute atomic E-state index is 0.0931. The van der Waals surface area contributed by atoms with Crippen molar-refractivity contribution < 1.29 is 32.5 Å². The van der Waals surface area contributed by atoms with E-state index in [2.05, 4.69) is 31.2 Å². The maximum Gasteiger partial charge on any atom is 0.412 e. The van der Waals surface area contributed by atoms with Crippen LogP contribution in [0.4, 0.5) is 23.8 Å². The topological polar surface area (TPSA) is 101 Å². The summed E-state index contributed by atoms with van der Waals surface area (Å²) in [6.07, 6.45) is -3.93. The molecule has 0 radical (unpaired) electrons. The Morgan fingerprint density at radius 1 is 1.19 bits per heavy atom. The van der Waals surface area contributed by atoms with Crippen LogP contribution in [0.15, 0.2) is 65.5 Å². The lowest BCUT2D eigenvalue weighted by Crippen LogP contribution is -2.65. The summed E-state index contributed by atoms with van der Waals surface area (Å²) in [5.74, 6) is 1.64. The SMILES string of the molecule is COc1ccc(CNc2nccn3c(C4CCC(Cc5ccccc5)(C(F)(F)F)N(C(=O)O)C4)nc(Br)c23)c(OC)c1. The molecule has 13 heteroatoms. The molecule has 4 aromatic rings. The Morgan fingerprint density at radius 3 is 2.62 bits per heavy atom. The lowest BCUT2D eigenvalue weighted by atomic mass is 9.77. The molecule has 0 saturated carbocycles. The zero-order valence-electron chi connectivity index (χ0n) is 22.9. The molecule has 2 aromatic heterocycles. The van der Waals surface area contributed by atoms with Crippen LogP contribution in [0.25, 0.3) is 5.52 Å². The average molecular weight is 648 g/mol. The van der Waals surface area contributed by atoms with Crippen molar-refractivity contribution in [2.45, 2.75) is 43.4 Å². The highest BCUT2D eigenvalue weighted by molar-refractivity contribution is 9.10. The fourth-order valence-electron chi connectivity index (χ4n) is 5.63. The van der Waals surface area contributed by atoms with Crippen LogP contribution in [-0.2, 0) is 13.0 Å². The summed E-state index contributed by atoms with van der Waals surface area (Å²) in [5.41, 5.74) is -0.695. The van der Waals surface area contributed by atoms with Gasteiger partial charge in [-0.25, -0.2) is 14.8 Å². The fourth-order valence-corrected chi connectivity index (χ4v) is 6.19. The van der Waals surface area contributed by atoms with Crippen LogP contribution in [0, 0.1) is 0 Å². The number of carboxylic acid groups (broad SMARTS) is 1. The van der Waals surface area contributed by atoms with Crippen LogP contribution >= 0.6 is 15.9 Å². The number of nitrogens with zero attached hydrogens (tertiary/aromatic N) is 4. The Kier molecular flexibility index (Phi) is 8.22. The molecule has 2 atom stereocenters. The summed E-state index contributed by atoms with van der Waals surface area (Å²) in [7, 11) is 3.13. The Balaban J connectivity index is 1.45. The monoisotopic (exact) mass is 647 g/mol.